The molecule has 0 spiro atoms. The smallest absolute Gasteiger partial charge is 0.163 e. The highest BCUT2D eigenvalue weighted by atomic mass is 35.5. The summed E-state index contributed by atoms with van der Waals surface area (Å²) in [6, 6.07) is 6.20. The zero-order valence-electron chi connectivity index (χ0n) is 12.0. The third-order valence-corrected chi connectivity index (χ3v) is 3.55. The summed E-state index contributed by atoms with van der Waals surface area (Å²) in [7, 11) is 0. The minimum Gasteiger partial charge on any atom is -0.368 e. The Hall–Kier alpha value is -1.23. The van der Waals surface area contributed by atoms with E-state index in [-0.39, 0.29) is 21.4 Å². The number of ether oxygens (including phenoxy) is 1. The molecule has 3 nitrogen and oxygen atoms in total. The molecule has 1 aromatic carbocycles. The molecule has 21 heavy (non-hydrogen) atoms. The number of hydrogen-bond donors (Lipinski definition) is 0. The summed E-state index contributed by atoms with van der Waals surface area (Å²) in [5.74, 6) is -0.0684. The van der Waals surface area contributed by atoms with Crippen molar-refractivity contribution >= 4 is 23.2 Å². The molecular weight excluding hydrogens is 314 g/mol. The molecule has 0 radical (unpaired) electrons. The third-order valence-electron chi connectivity index (χ3n) is 3.01. The molecule has 0 aliphatic heterocycles. The van der Waals surface area contributed by atoms with E-state index in [0.29, 0.717) is 12.4 Å². The van der Waals surface area contributed by atoms with Crippen LogP contribution >= 0.6 is 23.2 Å². The quantitative estimate of drug-likeness (QED) is 0.751. The second-order valence-corrected chi connectivity index (χ2v) is 5.64. The zero-order valence-corrected chi connectivity index (χ0v) is 13.5. The van der Waals surface area contributed by atoms with Crippen molar-refractivity contribution in [3.05, 3.63) is 46.2 Å². The Bertz CT molecular complexity index is 639. The first-order chi connectivity index (χ1) is 9.86. The van der Waals surface area contributed by atoms with Crippen LogP contribution in [0.4, 0.5) is 4.39 Å². The highest BCUT2D eigenvalue weighted by molar-refractivity contribution is 6.37. The van der Waals surface area contributed by atoms with Gasteiger partial charge in [0.15, 0.2) is 5.82 Å². The van der Waals surface area contributed by atoms with Crippen LogP contribution in [0.1, 0.15) is 26.6 Å². The predicted molar refractivity (Wildman–Crippen MR) is 82.1 cm³/mol. The maximum Gasteiger partial charge on any atom is 0.163 e. The molecule has 0 saturated carbocycles. The van der Waals surface area contributed by atoms with Crippen LogP contribution in [0.3, 0.4) is 0 Å². The van der Waals surface area contributed by atoms with E-state index in [1.165, 1.54) is 6.07 Å². The van der Waals surface area contributed by atoms with Crippen LogP contribution in [0.5, 0.6) is 0 Å². The molecule has 0 bridgehead atoms. The van der Waals surface area contributed by atoms with Crippen LogP contribution in [-0.4, -0.2) is 16.6 Å². The molecule has 0 saturated heterocycles. The first kappa shape index (κ1) is 16.1. The van der Waals surface area contributed by atoms with E-state index in [2.05, 4.69) is 9.97 Å². The lowest BCUT2D eigenvalue weighted by Gasteiger charge is -2.23. The van der Waals surface area contributed by atoms with Crippen LogP contribution in [0, 0.1) is 5.82 Å². The van der Waals surface area contributed by atoms with E-state index in [1.54, 1.807) is 18.2 Å². The summed E-state index contributed by atoms with van der Waals surface area (Å²) in [4.78, 5) is 8.44. The van der Waals surface area contributed by atoms with E-state index in [9.17, 15) is 4.39 Å². The molecule has 0 aliphatic rings. The van der Waals surface area contributed by atoms with Gasteiger partial charge in [-0.05, 0) is 26.8 Å². The number of nitrogens with zero attached hydrogens (tertiary/aromatic N) is 2. The van der Waals surface area contributed by atoms with E-state index < -0.39 is 11.4 Å². The highest BCUT2D eigenvalue weighted by Crippen LogP contribution is 2.35. The molecule has 112 valence electrons. The van der Waals surface area contributed by atoms with Crippen LogP contribution in [0.25, 0.3) is 11.1 Å². The number of aromatic nitrogens is 2. The monoisotopic (exact) mass is 328 g/mol. The van der Waals surface area contributed by atoms with Crippen molar-refractivity contribution in [1.82, 2.24) is 9.97 Å². The van der Waals surface area contributed by atoms with Gasteiger partial charge in [-0.3, -0.25) is 0 Å². The van der Waals surface area contributed by atoms with Crippen LogP contribution < -0.4 is 0 Å². The lowest BCUT2D eigenvalue weighted by atomic mass is 10.1. The van der Waals surface area contributed by atoms with Gasteiger partial charge in [-0.1, -0.05) is 41.4 Å². The third kappa shape index (κ3) is 3.34. The van der Waals surface area contributed by atoms with Crippen molar-refractivity contribution in [2.45, 2.75) is 26.4 Å². The molecule has 0 unspecified atom stereocenters. The summed E-state index contributed by atoms with van der Waals surface area (Å²) >= 11 is 12.4. The molecule has 0 fully saturated rings. The first-order valence-electron chi connectivity index (χ1n) is 6.49. The van der Waals surface area contributed by atoms with E-state index in [4.69, 9.17) is 27.9 Å². The fourth-order valence-electron chi connectivity index (χ4n) is 1.99. The number of halogens is 3. The molecule has 0 aliphatic carbocycles. The van der Waals surface area contributed by atoms with Crippen molar-refractivity contribution in [3.63, 3.8) is 0 Å². The molecule has 0 N–H and O–H groups in total. The molecule has 0 amide bonds. The zero-order chi connectivity index (χ0) is 15.6. The Morgan fingerprint density at radius 3 is 2.24 bits per heavy atom. The largest absolute Gasteiger partial charge is 0.368 e. The molecular formula is C15H15Cl2FN2O. The molecule has 0 atom stereocenters. The molecule has 2 aromatic rings. The van der Waals surface area contributed by atoms with Gasteiger partial charge in [-0.15, -0.1) is 0 Å². The molecule has 1 aromatic heterocycles. The second kappa shape index (κ2) is 6.26. The molecule has 2 rings (SSSR count). The Kier molecular flexibility index (Phi) is 4.81. The normalized spacial score (nSPS) is 11.7. The van der Waals surface area contributed by atoms with E-state index >= 15 is 0 Å². The first-order valence-corrected chi connectivity index (χ1v) is 7.24. The van der Waals surface area contributed by atoms with Crippen LogP contribution in [-0.2, 0) is 10.3 Å². The van der Waals surface area contributed by atoms with Crippen molar-refractivity contribution in [2.24, 2.45) is 0 Å². The summed E-state index contributed by atoms with van der Waals surface area (Å²) in [6.07, 6.45) is 0. The summed E-state index contributed by atoms with van der Waals surface area (Å²) in [5, 5.41) is 0.200. The van der Waals surface area contributed by atoms with Gasteiger partial charge >= 0.3 is 0 Å². The maximum absolute atomic E-state index is 13.9. The predicted octanol–water partition coefficient (Wildman–Crippen LogP) is 4.86. The fourth-order valence-corrected chi connectivity index (χ4v) is 2.58. The summed E-state index contributed by atoms with van der Waals surface area (Å²) < 4.78 is 19.5. The summed E-state index contributed by atoms with van der Waals surface area (Å²) in [6.45, 7) is 6.02. The number of hydrogen-bond acceptors (Lipinski definition) is 3. The average molecular weight is 329 g/mol. The lowest BCUT2D eigenvalue weighted by molar-refractivity contribution is -0.0207. The van der Waals surface area contributed by atoms with Gasteiger partial charge in [0.05, 0.1) is 5.56 Å². The average Bonchev–Trinajstić information content (AvgIpc) is 2.40. The van der Waals surface area contributed by atoms with Gasteiger partial charge in [0, 0.05) is 12.2 Å². The minimum atomic E-state index is -0.726. The van der Waals surface area contributed by atoms with E-state index in [1.807, 2.05) is 20.8 Å². The highest BCUT2D eigenvalue weighted by Gasteiger charge is 2.27. The Balaban J connectivity index is 2.56. The number of rotatable bonds is 4. The molecule has 6 heteroatoms. The van der Waals surface area contributed by atoms with Crippen LogP contribution in [0.15, 0.2) is 24.3 Å². The SMILES string of the molecule is CCOC(C)(C)c1nc(Cl)c(-c2ccccc2F)c(Cl)n1. The van der Waals surface area contributed by atoms with Gasteiger partial charge in [0.25, 0.3) is 0 Å². The van der Waals surface area contributed by atoms with Crippen molar-refractivity contribution in [2.75, 3.05) is 6.61 Å². The van der Waals surface area contributed by atoms with Gasteiger partial charge in [-0.2, -0.15) is 0 Å². The molecule has 1 heterocycles. The van der Waals surface area contributed by atoms with Crippen LogP contribution in [0.2, 0.25) is 10.3 Å². The topological polar surface area (TPSA) is 35.0 Å². The van der Waals surface area contributed by atoms with Gasteiger partial charge in [0.1, 0.15) is 21.7 Å². The van der Waals surface area contributed by atoms with Gasteiger partial charge < -0.3 is 4.74 Å². The van der Waals surface area contributed by atoms with Gasteiger partial charge in [0.2, 0.25) is 0 Å². The van der Waals surface area contributed by atoms with Crippen molar-refractivity contribution in [1.29, 1.82) is 0 Å². The van der Waals surface area contributed by atoms with E-state index in [0.717, 1.165) is 0 Å². The second-order valence-electron chi connectivity index (χ2n) is 4.93. The Labute approximate surface area is 133 Å². The maximum atomic E-state index is 13.9. The lowest BCUT2D eigenvalue weighted by Crippen LogP contribution is -2.25. The minimum absolute atomic E-state index is 0.0999. The van der Waals surface area contributed by atoms with Gasteiger partial charge in [-0.25, -0.2) is 14.4 Å². The summed E-state index contributed by atoms with van der Waals surface area (Å²) in [5.41, 5.74) is -0.170. The standard InChI is InChI=1S/C15H15Cl2FN2O/c1-4-21-15(2,3)14-19-12(16)11(13(17)20-14)9-7-5-6-8-10(9)18/h5-8H,4H2,1-3H3. The Morgan fingerprint density at radius 1 is 1.14 bits per heavy atom. The number of benzene rings is 1. The van der Waals surface area contributed by atoms with Crippen molar-refractivity contribution in [3.8, 4) is 11.1 Å². The fraction of sp³-hybridized carbons (Fsp3) is 0.333. The van der Waals surface area contributed by atoms with Crippen molar-refractivity contribution < 1.29 is 9.13 Å². The Morgan fingerprint density at radius 2 is 1.71 bits per heavy atom.